The molecule has 0 aliphatic carbocycles. The molecule has 0 spiro atoms. The van der Waals surface area contributed by atoms with E-state index in [1.54, 1.807) is 4.68 Å². The summed E-state index contributed by atoms with van der Waals surface area (Å²) in [6.45, 7) is 1.97. The van der Waals surface area contributed by atoms with Gasteiger partial charge in [-0.3, -0.25) is 9.25 Å². The summed E-state index contributed by atoms with van der Waals surface area (Å²) in [5.41, 5.74) is 1.95. The lowest BCUT2D eigenvalue weighted by molar-refractivity contribution is 0.752. The molecule has 0 saturated heterocycles. The first-order valence-electron chi connectivity index (χ1n) is 6.10. The topological polar surface area (TPSA) is 47.7 Å². The standard InChI is InChI=1S/C14H15N5/c1-11-10-19(13-8-9-18(2)17-13)14(15-11)16-12-6-4-3-5-7-12/h3-10H,1-2H3,(H,15,16). The zero-order valence-corrected chi connectivity index (χ0v) is 10.9. The summed E-state index contributed by atoms with van der Waals surface area (Å²) >= 11 is 0. The monoisotopic (exact) mass is 253 g/mol. The van der Waals surface area contributed by atoms with E-state index < -0.39 is 0 Å². The zero-order chi connectivity index (χ0) is 13.2. The molecular weight excluding hydrogens is 238 g/mol. The Kier molecular flexibility index (Phi) is 2.79. The van der Waals surface area contributed by atoms with Gasteiger partial charge in [-0.1, -0.05) is 18.2 Å². The van der Waals surface area contributed by atoms with Gasteiger partial charge in [0.15, 0.2) is 5.82 Å². The van der Waals surface area contributed by atoms with Crippen LogP contribution in [0.5, 0.6) is 0 Å². The van der Waals surface area contributed by atoms with Crippen molar-refractivity contribution in [2.75, 3.05) is 5.32 Å². The van der Waals surface area contributed by atoms with Gasteiger partial charge in [-0.05, 0) is 19.1 Å². The number of nitrogens with one attached hydrogen (secondary N) is 1. The number of para-hydroxylation sites is 1. The highest BCUT2D eigenvalue weighted by molar-refractivity contribution is 5.55. The van der Waals surface area contributed by atoms with Gasteiger partial charge in [-0.15, -0.1) is 0 Å². The third-order valence-electron chi connectivity index (χ3n) is 2.80. The van der Waals surface area contributed by atoms with Gasteiger partial charge >= 0.3 is 0 Å². The van der Waals surface area contributed by atoms with Gasteiger partial charge in [-0.25, -0.2) is 4.98 Å². The summed E-state index contributed by atoms with van der Waals surface area (Å²) in [6.07, 6.45) is 3.88. The largest absolute Gasteiger partial charge is 0.325 e. The van der Waals surface area contributed by atoms with E-state index in [4.69, 9.17) is 0 Å². The molecule has 1 N–H and O–H groups in total. The van der Waals surface area contributed by atoms with E-state index >= 15 is 0 Å². The minimum atomic E-state index is 0.766. The number of hydrogen-bond acceptors (Lipinski definition) is 3. The lowest BCUT2D eigenvalue weighted by Crippen LogP contribution is -2.02. The van der Waals surface area contributed by atoms with E-state index in [0.717, 1.165) is 23.1 Å². The zero-order valence-electron chi connectivity index (χ0n) is 10.9. The predicted octanol–water partition coefficient (Wildman–Crippen LogP) is 2.66. The number of benzene rings is 1. The Hall–Kier alpha value is -2.56. The highest BCUT2D eigenvalue weighted by atomic mass is 15.3. The van der Waals surface area contributed by atoms with Crippen LogP contribution in [0.25, 0.3) is 5.82 Å². The number of aryl methyl sites for hydroxylation is 2. The highest BCUT2D eigenvalue weighted by Crippen LogP contribution is 2.19. The van der Waals surface area contributed by atoms with Gasteiger partial charge in [0.05, 0.1) is 5.69 Å². The molecule has 0 atom stereocenters. The summed E-state index contributed by atoms with van der Waals surface area (Å²) in [6, 6.07) is 11.9. The molecule has 19 heavy (non-hydrogen) atoms. The van der Waals surface area contributed by atoms with Crippen LogP contribution in [0.15, 0.2) is 48.8 Å². The van der Waals surface area contributed by atoms with Gasteiger partial charge in [0.2, 0.25) is 5.95 Å². The highest BCUT2D eigenvalue weighted by Gasteiger charge is 2.09. The van der Waals surface area contributed by atoms with Crippen molar-refractivity contribution in [2.45, 2.75) is 6.92 Å². The molecule has 0 aliphatic heterocycles. The molecular formula is C14H15N5. The summed E-state index contributed by atoms with van der Waals surface area (Å²) in [5, 5.41) is 7.70. The van der Waals surface area contributed by atoms with Gasteiger partial charge in [-0.2, -0.15) is 5.10 Å². The number of imidazole rings is 1. The normalized spacial score (nSPS) is 10.6. The Morgan fingerprint density at radius 2 is 1.89 bits per heavy atom. The lowest BCUT2D eigenvalue weighted by Gasteiger charge is -2.07. The fourth-order valence-corrected chi connectivity index (χ4v) is 1.94. The number of rotatable bonds is 3. The van der Waals surface area contributed by atoms with Crippen molar-refractivity contribution in [2.24, 2.45) is 7.05 Å². The third kappa shape index (κ3) is 2.35. The maximum absolute atomic E-state index is 4.49. The molecule has 5 nitrogen and oxygen atoms in total. The van der Waals surface area contributed by atoms with Crippen molar-refractivity contribution in [3.05, 3.63) is 54.5 Å². The lowest BCUT2D eigenvalue weighted by atomic mass is 10.3. The number of nitrogens with zero attached hydrogens (tertiary/aromatic N) is 4. The SMILES string of the molecule is Cc1cn(-c2ccn(C)n2)c(Nc2ccccc2)n1. The first-order valence-corrected chi connectivity index (χ1v) is 6.10. The van der Waals surface area contributed by atoms with E-state index in [1.807, 2.05) is 67.3 Å². The van der Waals surface area contributed by atoms with Gasteiger partial charge in [0.1, 0.15) is 0 Å². The van der Waals surface area contributed by atoms with Gasteiger partial charge in [0, 0.05) is 31.2 Å². The second kappa shape index (κ2) is 4.61. The molecule has 0 amide bonds. The first kappa shape index (κ1) is 11.5. The maximum Gasteiger partial charge on any atom is 0.213 e. The van der Waals surface area contributed by atoms with E-state index in [0.29, 0.717) is 0 Å². The molecule has 0 bridgehead atoms. The van der Waals surface area contributed by atoms with Crippen LogP contribution in [0.2, 0.25) is 0 Å². The van der Waals surface area contributed by atoms with Crippen LogP contribution in [0.3, 0.4) is 0 Å². The average Bonchev–Trinajstić information content (AvgIpc) is 2.97. The minimum Gasteiger partial charge on any atom is -0.325 e. The average molecular weight is 253 g/mol. The summed E-state index contributed by atoms with van der Waals surface area (Å²) < 4.78 is 3.72. The van der Waals surface area contributed by atoms with Crippen molar-refractivity contribution in [1.29, 1.82) is 0 Å². The molecule has 0 saturated carbocycles. The quantitative estimate of drug-likeness (QED) is 0.780. The number of aromatic nitrogens is 4. The number of anilines is 2. The van der Waals surface area contributed by atoms with E-state index in [-0.39, 0.29) is 0 Å². The van der Waals surface area contributed by atoms with Crippen LogP contribution in [0, 0.1) is 6.92 Å². The molecule has 0 radical (unpaired) electrons. The predicted molar refractivity (Wildman–Crippen MR) is 74.8 cm³/mol. The number of hydrogen-bond donors (Lipinski definition) is 1. The van der Waals surface area contributed by atoms with Crippen LogP contribution >= 0.6 is 0 Å². The van der Waals surface area contributed by atoms with E-state index in [1.165, 1.54) is 0 Å². The van der Waals surface area contributed by atoms with Crippen LogP contribution in [-0.2, 0) is 7.05 Å². The van der Waals surface area contributed by atoms with E-state index in [9.17, 15) is 0 Å². The molecule has 0 unspecified atom stereocenters. The molecule has 0 aliphatic rings. The van der Waals surface area contributed by atoms with E-state index in [2.05, 4.69) is 15.4 Å². The second-order valence-electron chi connectivity index (χ2n) is 4.41. The molecule has 5 heteroatoms. The molecule has 1 aromatic carbocycles. The maximum atomic E-state index is 4.49. The Labute approximate surface area is 111 Å². The molecule has 96 valence electrons. The fraction of sp³-hybridized carbons (Fsp3) is 0.143. The summed E-state index contributed by atoms with van der Waals surface area (Å²) in [4.78, 5) is 4.49. The molecule has 0 fully saturated rings. The molecule has 2 heterocycles. The van der Waals surface area contributed by atoms with Crippen molar-refractivity contribution >= 4 is 11.6 Å². The Balaban J connectivity index is 1.98. The van der Waals surface area contributed by atoms with Crippen LogP contribution in [0.4, 0.5) is 11.6 Å². The van der Waals surface area contributed by atoms with Crippen LogP contribution in [0.1, 0.15) is 5.69 Å². The Morgan fingerprint density at radius 1 is 1.11 bits per heavy atom. The summed E-state index contributed by atoms with van der Waals surface area (Å²) in [5.74, 6) is 1.61. The van der Waals surface area contributed by atoms with Crippen molar-refractivity contribution in [3.8, 4) is 5.82 Å². The Morgan fingerprint density at radius 3 is 2.58 bits per heavy atom. The molecule has 2 aromatic heterocycles. The fourth-order valence-electron chi connectivity index (χ4n) is 1.94. The van der Waals surface area contributed by atoms with Crippen molar-refractivity contribution in [1.82, 2.24) is 19.3 Å². The van der Waals surface area contributed by atoms with Gasteiger partial charge in [0.25, 0.3) is 0 Å². The minimum absolute atomic E-state index is 0.766. The van der Waals surface area contributed by atoms with Crippen LogP contribution < -0.4 is 5.32 Å². The van der Waals surface area contributed by atoms with Crippen molar-refractivity contribution < 1.29 is 0 Å². The van der Waals surface area contributed by atoms with Crippen LogP contribution in [-0.4, -0.2) is 19.3 Å². The molecule has 3 rings (SSSR count). The second-order valence-corrected chi connectivity index (χ2v) is 4.41. The van der Waals surface area contributed by atoms with Gasteiger partial charge < -0.3 is 5.32 Å². The third-order valence-corrected chi connectivity index (χ3v) is 2.80. The summed E-state index contributed by atoms with van der Waals surface area (Å²) in [7, 11) is 1.90. The first-order chi connectivity index (χ1) is 9.22. The smallest absolute Gasteiger partial charge is 0.213 e. The van der Waals surface area contributed by atoms with Crippen molar-refractivity contribution in [3.63, 3.8) is 0 Å². The Bertz CT molecular complexity index is 681. The molecule has 3 aromatic rings.